The molecule has 2 heterocycles. The fourth-order valence-electron chi connectivity index (χ4n) is 2.42. The van der Waals surface area contributed by atoms with Crippen molar-refractivity contribution in [2.24, 2.45) is 4.99 Å². The molecule has 0 fully saturated rings. The third-order valence-electron chi connectivity index (χ3n) is 3.51. The maximum Gasteiger partial charge on any atom is 0.310 e. The van der Waals surface area contributed by atoms with Crippen molar-refractivity contribution in [2.45, 2.75) is 0 Å². The van der Waals surface area contributed by atoms with Gasteiger partial charge in [-0.05, 0) is 24.3 Å². The van der Waals surface area contributed by atoms with Crippen molar-refractivity contribution >= 4 is 23.6 Å². The van der Waals surface area contributed by atoms with Gasteiger partial charge in [-0.3, -0.25) is 4.99 Å². The number of aromatic hydroxyl groups is 1. The van der Waals surface area contributed by atoms with E-state index in [0.717, 1.165) is 22.4 Å². The molecule has 1 aliphatic heterocycles. The number of rotatable bonds is 2. The average Bonchev–Trinajstić information content (AvgIpc) is 3.13. The van der Waals surface area contributed by atoms with E-state index in [-0.39, 0.29) is 5.95 Å². The summed E-state index contributed by atoms with van der Waals surface area (Å²) in [6.07, 6.45) is 3.54. The van der Waals surface area contributed by atoms with Gasteiger partial charge in [0, 0.05) is 22.9 Å². The summed E-state index contributed by atoms with van der Waals surface area (Å²) >= 11 is 0. The first-order valence-electron chi connectivity index (χ1n) is 6.91. The van der Waals surface area contributed by atoms with E-state index >= 15 is 0 Å². The molecular weight excluding hydrogens is 277 g/mol. The molecule has 22 heavy (non-hydrogen) atoms. The van der Waals surface area contributed by atoms with Crippen LogP contribution in [0, 0.1) is 0 Å². The van der Waals surface area contributed by atoms with Crippen LogP contribution in [0.5, 0.6) is 5.95 Å². The molecule has 0 spiro atoms. The summed E-state index contributed by atoms with van der Waals surface area (Å²) in [6.45, 7) is 0. The summed E-state index contributed by atoms with van der Waals surface area (Å²) in [5, 5.41) is 9.98. The quantitative estimate of drug-likeness (QED) is 0.765. The molecule has 0 amide bonds. The molecule has 0 unspecified atom stereocenters. The van der Waals surface area contributed by atoms with Gasteiger partial charge < -0.3 is 9.52 Å². The van der Waals surface area contributed by atoms with Crippen molar-refractivity contribution in [3.05, 3.63) is 65.9 Å². The van der Waals surface area contributed by atoms with Gasteiger partial charge in [-0.1, -0.05) is 36.4 Å². The standard InChI is InChI=1S/C18H12N2O2/c21-18-16(20-17(22-18)12-6-2-1-3-7-12)10-13-11-19-15-9-5-4-8-14(13)15/h1-11,21H/b13-10+/i20+1. The first kappa shape index (κ1) is 12.6. The molecule has 0 saturated heterocycles. The SMILES string of the molecule is Oc1oc(-c2ccccc2)[15n]c1/C=C1\C=Nc2ccccc21. The molecule has 1 aliphatic rings. The second-order valence-electron chi connectivity index (χ2n) is 4.95. The van der Waals surface area contributed by atoms with E-state index in [1.165, 1.54) is 0 Å². The summed E-state index contributed by atoms with van der Waals surface area (Å²) in [5.74, 6) is 0.206. The molecular formula is C18H12N2O2. The third kappa shape index (κ3) is 2.11. The van der Waals surface area contributed by atoms with E-state index in [2.05, 4.69) is 9.98 Å². The van der Waals surface area contributed by atoms with E-state index < -0.39 is 0 Å². The lowest BCUT2D eigenvalue weighted by molar-refractivity contribution is 0.336. The largest absolute Gasteiger partial charge is 0.479 e. The molecule has 4 rings (SSSR count). The maximum atomic E-state index is 9.98. The summed E-state index contributed by atoms with van der Waals surface area (Å²) in [4.78, 5) is 8.70. The highest BCUT2D eigenvalue weighted by molar-refractivity contribution is 6.21. The Bertz CT molecular complexity index is 892. The van der Waals surface area contributed by atoms with Gasteiger partial charge >= 0.3 is 5.95 Å². The number of oxazole rings is 1. The maximum absolute atomic E-state index is 9.98. The van der Waals surface area contributed by atoms with E-state index in [1.54, 1.807) is 12.3 Å². The van der Waals surface area contributed by atoms with Crippen LogP contribution in [0.25, 0.3) is 23.1 Å². The van der Waals surface area contributed by atoms with Crippen LogP contribution in [0.2, 0.25) is 0 Å². The Hall–Kier alpha value is -3.14. The number of hydrogen-bond donors (Lipinski definition) is 1. The molecule has 1 aromatic heterocycles. The van der Waals surface area contributed by atoms with Crippen molar-refractivity contribution in [3.63, 3.8) is 0 Å². The Morgan fingerprint density at radius 3 is 2.59 bits per heavy atom. The van der Waals surface area contributed by atoms with Gasteiger partial charge in [-0.15, -0.1) is 0 Å². The molecule has 3 aromatic rings. The van der Waals surface area contributed by atoms with Gasteiger partial charge in [0.15, 0.2) is 0 Å². The highest BCUT2D eigenvalue weighted by atomic mass is 16.5. The summed E-state index contributed by atoms with van der Waals surface area (Å²) in [6, 6.07) is 17.3. The van der Waals surface area contributed by atoms with Crippen LogP contribution in [-0.2, 0) is 0 Å². The molecule has 0 radical (unpaired) electrons. The topological polar surface area (TPSA) is 58.6 Å². The van der Waals surface area contributed by atoms with Crippen LogP contribution >= 0.6 is 0 Å². The summed E-state index contributed by atoms with van der Waals surface area (Å²) in [5.41, 5.74) is 4.06. The van der Waals surface area contributed by atoms with Crippen LogP contribution in [-0.4, -0.2) is 16.3 Å². The number of nitrogens with zero attached hydrogens (tertiary/aromatic N) is 2. The van der Waals surface area contributed by atoms with Crippen LogP contribution in [0.3, 0.4) is 0 Å². The number of fused-ring (bicyclic) bond motifs is 1. The van der Waals surface area contributed by atoms with Crippen molar-refractivity contribution in [3.8, 4) is 17.4 Å². The highest BCUT2D eigenvalue weighted by Gasteiger charge is 2.16. The first-order valence-corrected chi connectivity index (χ1v) is 6.91. The number of hydrogen-bond acceptors (Lipinski definition) is 4. The molecule has 106 valence electrons. The number of allylic oxidation sites excluding steroid dienone is 1. The van der Waals surface area contributed by atoms with Crippen molar-refractivity contribution in [2.75, 3.05) is 0 Å². The Balaban J connectivity index is 1.75. The Morgan fingerprint density at radius 2 is 1.73 bits per heavy atom. The highest BCUT2D eigenvalue weighted by Crippen LogP contribution is 2.34. The van der Waals surface area contributed by atoms with E-state index in [0.29, 0.717) is 11.6 Å². The minimum absolute atomic E-state index is 0.191. The van der Waals surface area contributed by atoms with E-state index in [1.807, 2.05) is 54.6 Å². The van der Waals surface area contributed by atoms with Gasteiger partial charge in [0.05, 0.1) is 5.69 Å². The van der Waals surface area contributed by atoms with Crippen LogP contribution in [0.1, 0.15) is 11.3 Å². The number of benzene rings is 2. The molecule has 4 heteroatoms. The minimum Gasteiger partial charge on any atom is -0.479 e. The van der Waals surface area contributed by atoms with Crippen molar-refractivity contribution in [1.82, 2.24) is 4.98 Å². The Kier molecular flexibility index (Phi) is 2.86. The second kappa shape index (κ2) is 5.00. The molecule has 1 N–H and O–H groups in total. The predicted octanol–water partition coefficient (Wildman–Crippen LogP) is 4.30. The lowest BCUT2D eigenvalue weighted by atomic mass is 10.1. The van der Waals surface area contributed by atoms with Gasteiger partial charge in [-0.2, -0.15) is 0 Å². The van der Waals surface area contributed by atoms with Gasteiger partial charge in [0.25, 0.3) is 0 Å². The predicted molar refractivity (Wildman–Crippen MR) is 86.1 cm³/mol. The molecule has 2 aromatic carbocycles. The van der Waals surface area contributed by atoms with Crippen LogP contribution in [0.15, 0.2) is 64.0 Å². The second-order valence-corrected chi connectivity index (χ2v) is 4.95. The third-order valence-corrected chi connectivity index (χ3v) is 3.51. The van der Waals surface area contributed by atoms with Crippen LogP contribution < -0.4 is 0 Å². The molecule has 4 nitrogen and oxygen atoms in total. The minimum atomic E-state index is -0.191. The lowest BCUT2D eigenvalue weighted by Gasteiger charge is -1.97. The Morgan fingerprint density at radius 1 is 0.955 bits per heavy atom. The zero-order valence-corrected chi connectivity index (χ0v) is 11.6. The molecule has 0 atom stereocenters. The smallest absolute Gasteiger partial charge is 0.310 e. The van der Waals surface area contributed by atoms with E-state index in [9.17, 15) is 5.11 Å². The van der Waals surface area contributed by atoms with Crippen molar-refractivity contribution in [1.29, 1.82) is 0 Å². The molecule has 0 aliphatic carbocycles. The monoisotopic (exact) mass is 289 g/mol. The number of aliphatic imine (C=N–C) groups is 1. The fraction of sp³-hybridized carbons (Fsp3) is 0. The average molecular weight is 289 g/mol. The zero-order valence-electron chi connectivity index (χ0n) is 11.6. The van der Waals surface area contributed by atoms with Gasteiger partial charge in [0.1, 0.15) is 5.69 Å². The zero-order chi connectivity index (χ0) is 14.9. The lowest BCUT2D eigenvalue weighted by Crippen LogP contribution is -1.82. The fourth-order valence-corrected chi connectivity index (χ4v) is 2.42. The number of aromatic nitrogens is 1. The van der Waals surface area contributed by atoms with Crippen LogP contribution in [0.4, 0.5) is 5.69 Å². The molecule has 0 saturated carbocycles. The van der Waals surface area contributed by atoms with Gasteiger partial charge in [-0.25, -0.2) is 4.98 Å². The normalized spacial score (nSPS) is 14.5. The summed E-state index contributed by atoms with van der Waals surface area (Å²) in [7, 11) is 0. The number of para-hydroxylation sites is 1. The van der Waals surface area contributed by atoms with Gasteiger partial charge in [0.2, 0.25) is 5.89 Å². The summed E-state index contributed by atoms with van der Waals surface area (Å²) < 4.78 is 5.35. The molecule has 0 bridgehead atoms. The Labute approximate surface area is 127 Å². The van der Waals surface area contributed by atoms with Crippen molar-refractivity contribution < 1.29 is 9.52 Å². The first-order chi connectivity index (χ1) is 10.8. The van der Waals surface area contributed by atoms with E-state index in [4.69, 9.17) is 4.42 Å².